The zero-order chi connectivity index (χ0) is 12.6. The van der Waals surface area contributed by atoms with E-state index in [1.165, 1.54) is 0 Å². The number of aliphatic carboxylic acids is 1. The number of ether oxygens (including phenoxy) is 1. The lowest BCUT2D eigenvalue weighted by atomic mass is 10.3. The number of carboxylic acid groups (broad SMARTS) is 1. The Kier molecular flexibility index (Phi) is 7.23. The molecule has 0 heterocycles. The van der Waals surface area contributed by atoms with E-state index in [9.17, 15) is 9.59 Å². The van der Waals surface area contributed by atoms with Crippen LogP contribution < -0.4 is 10.6 Å². The van der Waals surface area contributed by atoms with Gasteiger partial charge in [-0.05, 0) is 13.8 Å². The van der Waals surface area contributed by atoms with Gasteiger partial charge in [0, 0.05) is 13.2 Å². The monoisotopic (exact) mass is 234 g/mol. The van der Waals surface area contributed by atoms with Crippen LogP contribution in [0.2, 0.25) is 0 Å². The maximum Gasteiger partial charge on any atom is 0.328 e. The van der Waals surface area contributed by atoms with Crippen LogP contribution in [-0.2, 0) is 9.53 Å². The van der Waals surface area contributed by atoms with Gasteiger partial charge in [0.1, 0.15) is 0 Å². The molecule has 0 aromatic rings. The number of hydrogen-bond acceptors (Lipinski definition) is 4. The SMILES string of the molecule is CCOC(C)CNC(=O)NC(CO)C(=O)O. The second-order valence-electron chi connectivity index (χ2n) is 3.19. The van der Waals surface area contributed by atoms with E-state index >= 15 is 0 Å². The Morgan fingerprint density at radius 1 is 1.44 bits per heavy atom. The maximum atomic E-state index is 11.2. The molecule has 0 aromatic carbocycles. The second-order valence-corrected chi connectivity index (χ2v) is 3.19. The summed E-state index contributed by atoms with van der Waals surface area (Å²) in [4.78, 5) is 21.7. The van der Waals surface area contributed by atoms with Crippen LogP contribution >= 0.6 is 0 Å². The van der Waals surface area contributed by atoms with Gasteiger partial charge in [-0.3, -0.25) is 0 Å². The van der Waals surface area contributed by atoms with E-state index in [0.29, 0.717) is 6.61 Å². The molecule has 0 saturated carbocycles. The van der Waals surface area contributed by atoms with Gasteiger partial charge in [-0.2, -0.15) is 0 Å². The van der Waals surface area contributed by atoms with Crippen molar-refractivity contribution in [3.05, 3.63) is 0 Å². The first-order valence-electron chi connectivity index (χ1n) is 5.00. The van der Waals surface area contributed by atoms with Gasteiger partial charge in [0.2, 0.25) is 0 Å². The third kappa shape index (κ3) is 6.20. The van der Waals surface area contributed by atoms with E-state index in [-0.39, 0.29) is 12.6 Å². The third-order valence-electron chi connectivity index (χ3n) is 1.79. The molecule has 0 bridgehead atoms. The van der Waals surface area contributed by atoms with Crippen molar-refractivity contribution in [1.82, 2.24) is 10.6 Å². The normalized spacial score (nSPS) is 13.9. The topological polar surface area (TPSA) is 108 Å². The Hall–Kier alpha value is -1.34. The lowest BCUT2D eigenvalue weighted by Crippen LogP contribution is -2.49. The van der Waals surface area contributed by atoms with Gasteiger partial charge >= 0.3 is 12.0 Å². The van der Waals surface area contributed by atoms with Crippen molar-refractivity contribution in [3.63, 3.8) is 0 Å². The van der Waals surface area contributed by atoms with Gasteiger partial charge < -0.3 is 25.6 Å². The average molecular weight is 234 g/mol. The summed E-state index contributed by atoms with van der Waals surface area (Å²) in [6, 6.07) is -1.93. The van der Waals surface area contributed by atoms with Crippen LogP contribution in [0.4, 0.5) is 4.79 Å². The van der Waals surface area contributed by atoms with Gasteiger partial charge in [0.25, 0.3) is 0 Å². The number of rotatable bonds is 7. The zero-order valence-corrected chi connectivity index (χ0v) is 9.40. The molecule has 0 rings (SSSR count). The molecule has 0 aliphatic carbocycles. The zero-order valence-electron chi connectivity index (χ0n) is 9.40. The van der Waals surface area contributed by atoms with Crippen LogP contribution in [0.15, 0.2) is 0 Å². The van der Waals surface area contributed by atoms with Crippen molar-refractivity contribution in [2.75, 3.05) is 19.8 Å². The van der Waals surface area contributed by atoms with Crippen LogP contribution in [-0.4, -0.2) is 54.1 Å². The number of urea groups is 1. The van der Waals surface area contributed by atoms with Crippen molar-refractivity contribution in [3.8, 4) is 0 Å². The minimum Gasteiger partial charge on any atom is -0.480 e. The summed E-state index contributed by atoms with van der Waals surface area (Å²) >= 11 is 0. The quantitative estimate of drug-likeness (QED) is 0.459. The summed E-state index contributed by atoms with van der Waals surface area (Å²) in [5.74, 6) is -1.28. The molecular weight excluding hydrogens is 216 g/mol. The first-order chi connectivity index (χ1) is 7.51. The number of carbonyl (C=O) groups excluding carboxylic acids is 1. The van der Waals surface area contributed by atoms with Crippen molar-refractivity contribution >= 4 is 12.0 Å². The highest BCUT2D eigenvalue weighted by atomic mass is 16.5. The number of nitrogens with one attached hydrogen (secondary N) is 2. The smallest absolute Gasteiger partial charge is 0.328 e. The van der Waals surface area contributed by atoms with Gasteiger partial charge in [-0.15, -0.1) is 0 Å². The van der Waals surface area contributed by atoms with Crippen molar-refractivity contribution in [2.24, 2.45) is 0 Å². The molecule has 0 aliphatic heterocycles. The number of aliphatic hydroxyl groups excluding tert-OH is 1. The molecule has 4 N–H and O–H groups in total. The molecule has 7 nitrogen and oxygen atoms in total. The molecule has 0 saturated heterocycles. The summed E-state index contributed by atoms with van der Waals surface area (Å²) in [5.41, 5.74) is 0. The summed E-state index contributed by atoms with van der Waals surface area (Å²) in [6.07, 6.45) is -0.145. The highest BCUT2D eigenvalue weighted by Gasteiger charge is 2.18. The molecule has 94 valence electrons. The van der Waals surface area contributed by atoms with E-state index in [0.717, 1.165) is 0 Å². The van der Waals surface area contributed by atoms with E-state index < -0.39 is 24.6 Å². The number of aliphatic hydroxyl groups is 1. The Labute approximate surface area is 93.8 Å². The molecule has 0 aromatic heterocycles. The van der Waals surface area contributed by atoms with E-state index in [1.54, 1.807) is 6.92 Å². The van der Waals surface area contributed by atoms with Crippen molar-refractivity contribution < 1.29 is 24.5 Å². The fraction of sp³-hybridized carbons (Fsp3) is 0.778. The highest BCUT2D eigenvalue weighted by molar-refractivity contribution is 5.82. The lowest BCUT2D eigenvalue weighted by molar-refractivity contribution is -0.140. The first kappa shape index (κ1) is 14.7. The molecule has 0 spiro atoms. The molecule has 7 heteroatoms. The standard InChI is InChI=1S/C9H18N2O5/c1-3-16-6(2)4-10-9(15)11-7(5-12)8(13)14/h6-7,12H,3-5H2,1-2H3,(H,13,14)(H2,10,11,15). The lowest BCUT2D eigenvalue weighted by Gasteiger charge is -2.15. The van der Waals surface area contributed by atoms with Crippen LogP contribution in [0, 0.1) is 0 Å². The first-order valence-corrected chi connectivity index (χ1v) is 5.00. The summed E-state index contributed by atoms with van der Waals surface area (Å²) < 4.78 is 5.16. The highest BCUT2D eigenvalue weighted by Crippen LogP contribution is 1.88. The molecule has 0 aliphatic rings. The maximum absolute atomic E-state index is 11.2. The Bertz CT molecular complexity index is 234. The van der Waals surface area contributed by atoms with Crippen LogP contribution in [0.3, 0.4) is 0 Å². The number of carboxylic acids is 1. The van der Waals surface area contributed by atoms with E-state index in [1.807, 2.05) is 6.92 Å². The van der Waals surface area contributed by atoms with Crippen LogP contribution in [0.1, 0.15) is 13.8 Å². The fourth-order valence-electron chi connectivity index (χ4n) is 0.975. The summed E-state index contributed by atoms with van der Waals surface area (Å²) in [5, 5.41) is 21.8. The Morgan fingerprint density at radius 3 is 2.50 bits per heavy atom. The number of hydrogen-bond donors (Lipinski definition) is 4. The van der Waals surface area contributed by atoms with Gasteiger partial charge in [-0.25, -0.2) is 9.59 Å². The van der Waals surface area contributed by atoms with E-state index in [2.05, 4.69) is 10.6 Å². The molecule has 2 amide bonds. The summed E-state index contributed by atoms with van der Waals surface area (Å²) in [6.45, 7) is 3.79. The average Bonchev–Trinajstić information content (AvgIpc) is 2.23. The molecule has 2 unspecified atom stereocenters. The third-order valence-corrected chi connectivity index (χ3v) is 1.79. The fourth-order valence-corrected chi connectivity index (χ4v) is 0.975. The van der Waals surface area contributed by atoms with Gasteiger partial charge in [0.15, 0.2) is 6.04 Å². The van der Waals surface area contributed by atoms with Gasteiger partial charge in [-0.1, -0.05) is 0 Å². The van der Waals surface area contributed by atoms with E-state index in [4.69, 9.17) is 14.9 Å². The molecule has 0 radical (unpaired) electrons. The Morgan fingerprint density at radius 2 is 2.06 bits per heavy atom. The van der Waals surface area contributed by atoms with Gasteiger partial charge in [0.05, 0.1) is 12.7 Å². The van der Waals surface area contributed by atoms with Crippen molar-refractivity contribution in [2.45, 2.75) is 26.0 Å². The van der Waals surface area contributed by atoms with Crippen LogP contribution in [0.25, 0.3) is 0 Å². The van der Waals surface area contributed by atoms with Crippen LogP contribution in [0.5, 0.6) is 0 Å². The molecule has 0 fully saturated rings. The van der Waals surface area contributed by atoms with Crippen molar-refractivity contribution in [1.29, 1.82) is 0 Å². The minimum atomic E-state index is -1.29. The molecular formula is C9H18N2O5. The predicted octanol–water partition coefficient (Wildman–Crippen LogP) is -0.844. The minimum absolute atomic E-state index is 0.145. The molecule has 2 atom stereocenters. The summed E-state index contributed by atoms with van der Waals surface area (Å²) in [7, 11) is 0. The number of amides is 2. The predicted molar refractivity (Wildman–Crippen MR) is 56.1 cm³/mol. The second kappa shape index (κ2) is 7.89. The molecule has 16 heavy (non-hydrogen) atoms. The largest absolute Gasteiger partial charge is 0.480 e. The number of carbonyl (C=O) groups is 2. The Balaban J connectivity index is 3.85.